The van der Waals surface area contributed by atoms with Gasteiger partial charge in [0.25, 0.3) is 0 Å². The maximum Gasteiger partial charge on any atom is 0.216 e. The van der Waals surface area contributed by atoms with Crippen LogP contribution in [0.15, 0.2) is 28.8 Å². The lowest BCUT2D eigenvalue weighted by Gasteiger charge is -2.31. The Kier molecular flexibility index (Phi) is 4.97. The van der Waals surface area contributed by atoms with Crippen LogP contribution in [-0.2, 0) is 11.3 Å². The van der Waals surface area contributed by atoms with Crippen molar-refractivity contribution >= 4 is 28.0 Å². The van der Waals surface area contributed by atoms with Crippen LogP contribution in [0.3, 0.4) is 0 Å². The first-order valence-corrected chi connectivity index (χ1v) is 11.1. The maximum atomic E-state index is 6.25. The number of aromatic nitrogens is 5. The van der Waals surface area contributed by atoms with Crippen LogP contribution in [0, 0.1) is 0 Å². The molecule has 0 unspecified atom stereocenters. The van der Waals surface area contributed by atoms with Gasteiger partial charge in [0.2, 0.25) is 17.1 Å². The van der Waals surface area contributed by atoms with Crippen molar-refractivity contribution in [2.24, 2.45) is 0 Å². The number of rotatable bonds is 4. The molecule has 0 radical (unpaired) electrons. The van der Waals surface area contributed by atoms with Gasteiger partial charge in [0.15, 0.2) is 11.6 Å². The Morgan fingerprint density at radius 3 is 2.69 bits per heavy atom. The Morgan fingerprint density at radius 2 is 1.84 bits per heavy atom. The molecular formula is C22H26N8O2. The van der Waals surface area contributed by atoms with Crippen LogP contribution < -0.4 is 4.90 Å². The van der Waals surface area contributed by atoms with Crippen molar-refractivity contribution in [3.05, 3.63) is 30.3 Å². The lowest BCUT2D eigenvalue weighted by Crippen LogP contribution is -2.43. The summed E-state index contributed by atoms with van der Waals surface area (Å²) in [6, 6.07) is 6.00. The summed E-state index contributed by atoms with van der Waals surface area (Å²) in [5, 5.41) is 8.19. The minimum Gasteiger partial charge on any atom is -0.434 e. The average molecular weight is 435 g/mol. The highest BCUT2D eigenvalue weighted by molar-refractivity contribution is 5.94. The third kappa shape index (κ3) is 3.60. The van der Waals surface area contributed by atoms with Gasteiger partial charge < -0.3 is 19.0 Å². The number of nitrogens with one attached hydrogen (secondary N) is 1. The summed E-state index contributed by atoms with van der Waals surface area (Å²) in [6.07, 6.45) is 1.81. The molecule has 0 saturated carbocycles. The number of likely N-dealkylation sites (N-methyl/N-ethyl adjacent to an activating group) is 1. The lowest BCUT2D eigenvalue weighted by molar-refractivity contribution is 0.122. The zero-order chi connectivity index (χ0) is 21.5. The van der Waals surface area contributed by atoms with Crippen LogP contribution in [0.25, 0.3) is 33.5 Å². The first-order valence-electron chi connectivity index (χ1n) is 11.1. The van der Waals surface area contributed by atoms with E-state index in [0.717, 1.165) is 61.6 Å². The van der Waals surface area contributed by atoms with E-state index >= 15 is 0 Å². The third-order valence-electron chi connectivity index (χ3n) is 6.27. The van der Waals surface area contributed by atoms with E-state index in [0.29, 0.717) is 42.7 Å². The number of nitrogens with zero attached hydrogens (tertiary/aromatic N) is 7. The fourth-order valence-corrected chi connectivity index (χ4v) is 4.39. The van der Waals surface area contributed by atoms with Gasteiger partial charge in [0.05, 0.1) is 31.5 Å². The molecule has 0 bridgehead atoms. The Hall–Kier alpha value is -3.08. The molecular weight excluding hydrogens is 408 g/mol. The van der Waals surface area contributed by atoms with Crippen LogP contribution in [-0.4, -0.2) is 94.5 Å². The van der Waals surface area contributed by atoms with Gasteiger partial charge in [-0.2, -0.15) is 10.1 Å². The highest BCUT2D eigenvalue weighted by Gasteiger charge is 2.24. The summed E-state index contributed by atoms with van der Waals surface area (Å²) in [5.41, 5.74) is 3.13. The molecule has 5 heterocycles. The van der Waals surface area contributed by atoms with Gasteiger partial charge in [-0.3, -0.25) is 10.00 Å². The molecule has 0 amide bonds. The Morgan fingerprint density at radius 1 is 1.00 bits per heavy atom. The number of oxazole rings is 1. The maximum absolute atomic E-state index is 6.25. The minimum atomic E-state index is 0.598. The SMILES string of the molecule is CN1CCN(Cc2nc3nc(-c4cccc5[nH]ncc45)nc(N4CCOCC4)c3o2)CC1. The normalized spacial score (nSPS) is 18.7. The molecule has 3 aromatic heterocycles. The van der Waals surface area contributed by atoms with Crippen LogP contribution in [0.2, 0.25) is 0 Å². The molecule has 166 valence electrons. The predicted molar refractivity (Wildman–Crippen MR) is 120 cm³/mol. The van der Waals surface area contributed by atoms with Crippen molar-refractivity contribution in [3.63, 3.8) is 0 Å². The van der Waals surface area contributed by atoms with E-state index in [1.165, 1.54) is 0 Å². The molecule has 2 saturated heterocycles. The predicted octanol–water partition coefficient (Wildman–Crippen LogP) is 1.75. The van der Waals surface area contributed by atoms with Crippen LogP contribution in [0.1, 0.15) is 5.89 Å². The Bertz CT molecular complexity index is 1240. The molecule has 0 aliphatic carbocycles. The van der Waals surface area contributed by atoms with E-state index in [2.05, 4.69) is 31.9 Å². The summed E-state index contributed by atoms with van der Waals surface area (Å²) in [6.45, 7) is 7.65. The highest BCUT2D eigenvalue weighted by atomic mass is 16.5. The van der Waals surface area contributed by atoms with Crippen molar-refractivity contribution < 1.29 is 9.15 Å². The topological polar surface area (TPSA) is 99.4 Å². The standard InChI is InChI=1S/C22H26N8O2/c1-28-5-7-29(8-6-28)14-18-24-21-19(32-18)22(30-9-11-31-12-10-30)26-20(25-21)15-3-2-4-17-16(15)13-23-27-17/h2-4,13H,5-12,14H2,1H3,(H,23,27). The molecule has 1 N–H and O–H groups in total. The van der Waals surface area contributed by atoms with Gasteiger partial charge >= 0.3 is 0 Å². The zero-order valence-electron chi connectivity index (χ0n) is 18.1. The van der Waals surface area contributed by atoms with Gasteiger partial charge in [-0.1, -0.05) is 12.1 Å². The fraction of sp³-hybridized carbons (Fsp3) is 0.455. The van der Waals surface area contributed by atoms with Gasteiger partial charge in [0, 0.05) is 50.2 Å². The first kappa shape index (κ1) is 19.6. The number of morpholine rings is 1. The summed E-state index contributed by atoms with van der Waals surface area (Å²) in [7, 11) is 2.16. The summed E-state index contributed by atoms with van der Waals surface area (Å²) >= 11 is 0. The van der Waals surface area contributed by atoms with Crippen molar-refractivity contribution in [1.82, 2.24) is 34.9 Å². The quantitative estimate of drug-likeness (QED) is 0.515. The van der Waals surface area contributed by atoms with E-state index in [9.17, 15) is 0 Å². The van der Waals surface area contributed by atoms with Crippen molar-refractivity contribution in [3.8, 4) is 11.4 Å². The third-order valence-corrected chi connectivity index (χ3v) is 6.27. The number of hydrogen-bond acceptors (Lipinski definition) is 9. The highest BCUT2D eigenvalue weighted by Crippen LogP contribution is 2.32. The summed E-state index contributed by atoms with van der Waals surface area (Å²) in [4.78, 5) is 21.5. The number of piperazine rings is 1. The smallest absolute Gasteiger partial charge is 0.216 e. The number of ether oxygens (including phenoxy) is 1. The number of H-pyrrole nitrogens is 1. The average Bonchev–Trinajstić information content (AvgIpc) is 3.47. The van der Waals surface area contributed by atoms with Crippen LogP contribution in [0.5, 0.6) is 0 Å². The van der Waals surface area contributed by atoms with Gasteiger partial charge in [0.1, 0.15) is 0 Å². The molecule has 2 aliphatic rings. The summed E-state index contributed by atoms with van der Waals surface area (Å²) in [5.74, 6) is 2.10. The van der Waals surface area contributed by atoms with Crippen molar-refractivity contribution in [2.75, 3.05) is 64.4 Å². The number of aromatic amines is 1. The minimum absolute atomic E-state index is 0.598. The molecule has 2 fully saturated rings. The van der Waals surface area contributed by atoms with E-state index in [4.69, 9.17) is 24.1 Å². The molecule has 1 aromatic carbocycles. The van der Waals surface area contributed by atoms with E-state index in [1.807, 2.05) is 24.4 Å². The van der Waals surface area contributed by atoms with Gasteiger partial charge in [-0.05, 0) is 13.1 Å². The largest absolute Gasteiger partial charge is 0.434 e. The second kappa shape index (κ2) is 8.12. The number of anilines is 1. The summed E-state index contributed by atoms with van der Waals surface area (Å²) < 4.78 is 11.8. The van der Waals surface area contributed by atoms with Crippen molar-refractivity contribution in [2.45, 2.75) is 6.54 Å². The van der Waals surface area contributed by atoms with Gasteiger partial charge in [-0.25, -0.2) is 9.97 Å². The molecule has 6 rings (SSSR count). The molecule has 32 heavy (non-hydrogen) atoms. The zero-order valence-corrected chi connectivity index (χ0v) is 18.1. The number of fused-ring (bicyclic) bond motifs is 2. The first-order chi connectivity index (χ1) is 15.7. The van der Waals surface area contributed by atoms with Crippen LogP contribution >= 0.6 is 0 Å². The molecule has 4 aromatic rings. The van der Waals surface area contributed by atoms with E-state index < -0.39 is 0 Å². The van der Waals surface area contributed by atoms with E-state index in [-0.39, 0.29) is 0 Å². The molecule has 10 nitrogen and oxygen atoms in total. The molecule has 2 aliphatic heterocycles. The van der Waals surface area contributed by atoms with Crippen molar-refractivity contribution in [1.29, 1.82) is 0 Å². The number of benzene rings is 1. The second-order valence-electron chi connectivity index (χ2n) is 8.45. The number of hydrogen-bond donors (Lipinski definition) is 1. The fourth-order valence-electron chi connectivity index (χ4n) is 4.39. The molecule has 10 heteroatoms. The second-order valence-corrected chi connectivity index (χ2v) is 8.45. The molecule has 0 spiro atoms. The Balaban J connectivity index is 1.43. The molecule has 0 atom stereocenters. The Labute approximate surface area is 185 Å². The monoisotopic (exact) mass is 434 g/mol. The lowest BCUT2D eigenvalue weighted by atomic mass is 10.1. The van der Waals surface area contributed by atoms with Crippen LogP contribution in [0.4, 0.5) is 5.82 Å². The van der Waals surface area contributed by atoms with Gasteiger partial charge in [-0.15, -0.1) is 0 Å². The van der Waals surface area contributed by atoms with E-state index in [1.54, 1.807) is 0 Å².